The number of nitrogens with zero attached hydrogens (tertiary/aromatic N) is 2. The zero-order chi connectivity index (χ0) is 9.68. The fraction of sp³-hybridized carbons (Fsp3) is 0.727. The number of aromatic nitrogens is 2. The van der Waals surface area contributed by atoms with Crippen molar-refractivity contribution in [3.8, 4) is 0 Å². The molecule has 1 heterocycles. The molecule has 0 amide bonds. The minimum atomic E-state index is 1.02. The Morgan fingerprint density at radius 2 is 2.00 bits per heavy atom. The van der Waals surface area contributed by atoms with E-state index in [1.807, 2.05) is 20.0 Å². The number of aryl methyl sites for hydroxylation is 2. The first kappa shape index (κ1) is 10.3. The molecule has 0 aromatic carbocycles. The standard InChI is InChI=1S/C9H14N2.C2H6/c1-2-11-9-6-4-3-5-8(9)7-10-11;1-2/h7H,2-6H2,1H3;1-2H3. The van der Waals surface area contributed by atoms with Gasteiger partial charge in [-0.15, -0.1) is 0 Å². The highest BCUT2D eigenvalue weighted by Gasteiger charge is 2.13. The second-order valence-corrected chi connectivity index (χ2v) is 3.14. The number of hydrogen-bond acceptors (Lipinski definition) is 1. The van der Waals surface area contributed by atoms with Crippen molar-refractivity contribution in [1.29, 1.82) is 0 Å². The fourth-order valence-corrected chi connectivity index (χ4v) is 1.83. The van der Waals surface area contributed by atoms with E-state index in [9.17, 15) is 0 Å². The van der Waals surface area contributed by atoms with Gasteiger partial charge >= 0.3 is 0 Å². The van der Waals surface area contributed by atoms with Crippen LogP contribution in [0.25, 0.3) is 0 Å². The summed E-state index contributed by atoms with van der Waals surface area (Å²) in [5.74, 6) is 0. The Morgan fingerprint density at radius 3 is 2.69 bits per heavy atom. The third-order valence-corrected chi connectivity index (χ3v) is 2.44. The van der Waals surface area contributed by atoms with E-state index in [-0.39, 0.29) is 0 Å². The van der Waals surface area contributed by atoms with Crippen molar-refractivity contribution < 1.29 is 0 Å². The van der Waals surface area contributed by atoms with Crippen LogP contribution in [0.1, 0.15) is 44.9 Å². The van der Waals surface area contributed by atoms with Gasteiger partial charge in [-0.25, -0.2) is 0 Å². The normalized spacial score (nSPS) is 14.4. The first-order chi connectivity index (χ1) is 6.42. The van der Waals surface area contributed by atoms with Crippen molar-refractivity contribution in [2.24, 2.45) is 0 Å². The lowest BCUT2D eigenvalue weighted by Gasteiger charge is -2.12. The quantitative estimate of drug-likeness (QED) is 0.650. The van der Waals surface area contributed by atoms with Crippen molar-refractivity contribution >= 4 is 0 Å². The van der Waals surface area contributed by atoms with Crippen LogP contribution in [0.5, 0.6) is 0 Å². The molecule has 0 saturated heterocycles. The van der Waals surface area contributed by atoms with Gasteiger partial charge in [0.1, 0.15) is 0 Å². The van der Waals surface area contributed by atoms with Crippen molar-refractivity contribution in [1.82, 2.24) is 9.78 Å². The Kier molecular flexibility index (Phi) is 4.00. The summed E-state index contributed by atoms with van der Waals surface area (Å²) >= 11 is 0. The monoisotopic (exact) mass is 180 g/mol. The molecule has 1 aliphatic carbocycles. The first-order valence-electron chi connectivity index (χ1n) is 5.45. The molecule has 0 bridgehead atoms. The van der Waals surface area contributed by atoms with E-state index in [1.54, 1.807) is 0 Å². The molecule has 2 rings (SSSR count). The largest absolute Gasteiger partial charge is 0.270 e. The second kappa shape index (κ2) is 5.05. The fourth-order valence-electron chi connectivity index (χ4n) is 1.83. The predicted octanol–water partition coefficient (Wildman–Crippen LogP) is 2.81. The number of rotatable bonds is 1. The molecule has 2 nitrogen and oxygen atoms in total. The Balaban J connectivity index is 0.000000396. The summed E-state index contributed by atoms with van der Waals surface area (Å²) in [6.07, 6.45) is 7.22. The van der Waals surface area contributed by atoms with E-state index in [2.05, 4.69) is 16.7 Å². The van der Waals surface area contributed by atoms with Gasteiger partial charge in [-0.1, -0.05) is 13.8 Å². The van der Waals surface area contributed by atoms with Crippen LogP contribution in [0.4, 0.5) is 0 Å². The highest BCUT2D eigenvalue weighted by Crippen LogP contribution is 2.20. The molecule has 0 N–H and O–H groups in total. The Morgan fingerprint density at radius 1 is 1.31 bits per heavy atom. The molecule has 1 aromatic heterocycles. The smallest absolute Gasteiger partial charge is 0.0524 e. The van der Waals surface area contributed by atoms with Gasteiger partial charge in [0.25, 0.3) is 0 Å². The molecular formula is C11H20N2. The van der Waals surface area contributed by atoms with Crippen molar-refractivity contribution in [2.75, 3.05) is 0 Å². The summed E-state index contributed by atoms with van der Waals surface area (Å²) in [5.41, 5.74) is 2.97. The van der Waals surface area contributed by atoms with E-state index in [1.165, 1.54) is 36.9 Å². The van der Waals surface area contributed by atoms with E-state index >= 15 is 0 Å². The van der Waals surface area contributed by atoms with Crippen LogP contribution in [0.2, 0.25) is 0 Å². The van der Waals surface area contributed by atoms with E-state index < -0.39 is 0 Å². The zero-order valence-electron chi connectivity index (χ0n) is 9.01. The molecule has 13 heavy (non-hydrogen) atoms. The second-order valence-electron chi connectivity index (χ2n) is 3.14. The summed E-state index contributed by atoms with van der Waals surface area (Å²) in [6, 6.07) is 0. The Hall–Kier alpha value is -0.790. The topological polar surface area (TPSA) is 17.8 Å². The van der Waals surface area contributed by atoms with Crippen molar-refractivity contribution in [2.45, 2.75) is 53.0 Å². The highest BCUT2D eigenvalue weighted by atomic mass is 15.3. The van der Waals surface area contributed by atoms with Crippen LogP contribution in [0.15, 0.2) is 6.20 Å². The van der Waals surface area contributed by atoms with E-state index in [4.69, 9.17) is 0 Å². The lowest BCUT2D eigenvalue weighted by Crippen LogP contribution is -2.07. The molecule has 0 aliphatic heterocycles. The lowest BCUT2D eigenvalue weighted by atomic mass is 9.98. The SMILES string of the molecule is CC.CCn1ncc2c1CCCC2. The van der Waals surface area contributed by atoms with Gasteiger partial charge in [-0.05, 0) is 38.2 Å². The molecule has 74 valence electrons. The minimum Gasteiger partial charge on any atom is -0.270 e. The van der Waals surface area contributed by atoms with Crippen molar-refractivity contribution in [3.63, 3.8) is 0 Å². The van der Waals surface area contributed by atoms with E-state index in [0.29, 0.717) is 0 Å². The molecular weight excluding hydrogens is 160 g/mol. The molecule has 2 heteroatoms. The maximum atomic E-state index is 4.33. The van der Waals surface area contributed by atoms with Gasteiger partial charge in [0.2, 0.25) is 0 Å². The molecule has 0 saturated carbocycles. The predicted molar refractivity (Wildman–Crippen MR) is 55.9 cm³/mol. The molecule has 0 fully saturated rings. The highest BCUT2D eigenvalue weighted by molar-refractivity contribution is 5.20. The van der Waals surface area contributed by atoms with Crippen LogP contribution >= 0.6 is 0 Å². The summed E-state index contributed by atoms with van der Waals surface area (Å²) in [5, 5.41) is 4.33. The van der Waals surface area contributed by atoms with Gasteiger partial charge in [0.05, 0.1) is 6.20 Å². The molecule has 0 atom stereocenters. The van der Waals surface area contributed by atoms with Gasteiger partial charge < -0.3 is 0 Å². The molecule has 0 radical (unpaired) electrons. The molecule has 0 spiro atoms. The third kappa shape index (κ3) is 2.11. The average Bonchev–Trinajstić information content (AvgIpc) is 2.64. The van der Waals surface area contributed by atoms with Gasteiger partial charge in [0.15, 0.2) is 0 Å². The number of fused-ring (bicyclic) bond motifs is 1. The first-order valence-corrected chi connectivity index (χ1v) is 5.45. The summed E-state index contributed by atoms with van der Waals surface area (Å²) in [7, 11) is 0. The number of hydrogen-bond donors (Lipinski definition) is 0. The van der Waals surface area contributed by atoms with Gasteiger partial charge in [-0.3, -0.25) is 4.68 Å². The zero-order valence-corrected chi connectivity index (χ0v) is 9.01. The van der Waals surface area contributed by atoms with E-state index in [0.717, 1.165) is 6.54 Å². The molecule has 1 aliphatic rings. The summed E-state index contributed by atoms with van der Waals surface area (Å²) in [6.45, 7) is 7.18. The van der Waals surface area contributed by atoms with Gasteiger partial charge in [0, 0.05) is 12.2 Å². The van der Waals surface area contributed by atoms with Crippen LogP contribution < -0.4 is 0 Å². The van der Waals surface area contributed by atoms with Crippen LogP contribution in [0.3, 0.4) is 0 Å². The van der Waals surface area contributed by atoms with Crippen LogP contribution in [-0.2, 0) is 19.4 Å². The Labute approximate surface area is 81.0 Å². The van der Waals surface area contributed by atoms with Crippen LogP contribution in [0, 0.1) is 0 Å². The van der Waals surface area contributed by atoms with Gasteiger partial charge in [-0.2, -0.15) is 5.10 Å². The summed E-state index contributed by atoms with van der Waals surface area (Å²) < 4.78 is 2.13. The van der Waals surface area contributed by atoms with Crippen LogP contribution in [-0.4, -0.2) is 9.78 Å². The summed E-state index contributed by atoms with van der Waals surface area (Å²) in [4.78, 5) is 0. The van der Waals surface area contributed by atoms with Crippen molar-refractivity contribution in [3.05, 3.63) is 17.5 Å². The maximum absolute atomic E-state index is 4.33. The molecule has 0 unspecified atom stereocenters. The maximum Gasteiger partial charge on any atom is 0.0524 e. The molecule has 1 aromatic rings. The average molecular weight is 180 g/mol. The third-order valence-electron chi connectivity index (χ3n) is 2.44. The Bertz CT molecular complexity index is 237. The minimum absolute atomic E-state index is 1.02. The lowest BCUT2D eigenvalue weighted by molar-refractivity contribution is 0.581.